The Bertz CT molecular complexity index is 526. The molecule has 0 aromatic carbocycles. The van der Waals surface area contributed by atoms with Crippen LogP contribution >= 0.6 is 0 Å². The van der Waals surface area contributed by atoms with Gasteiger partial charge in [-0.3, -0.25) is 4.98 Å². The SMILES string of the molecule is CC1(C)OB(C(=Cc2cc(CO)ccn2)CO)OC1(C)C. The lowest BCUT2D eigenvalue weighted by Crippen LogP contribution is -2.41. The summed E-state index contributed by atoms with van der Waals surface area (Å²) in [7, 11) is -0.598. The molecule has 1 aliphatic heterocycles. The number of hydrogen-bond donors (Lipinski definition) is 2. The summed E-state index contributed by atoms with van der Waals surface area (Å²) in [5, 5.41) is 18.8. The van der Waals surface area contributed by atoms with Gasteiger partial charge in [0.05, 0.1) is 30.1 Å². The van der Waals surface area contributed by atoms with Gasteiger partial charge in [0.25, 0.3) is 0 Å². The summed E-state index contributed by atoms with van der Waals surface area (Å²) in [6.45, 7) is 7.63. The maximum atomic E-state index is 9.61. The molecule has 1 aromatic heterocycles. The summed E-state index contributed by atoms with van der Waals surface area (Å²) in [6.07, 6.45) is 3.36. The van der Waals surface area contributed by atoms with Crippen LogP contribution in [0.3, 0.4) is 0 Å². The van der Waals surface area contributed by atoms with Crippen molar-refractivity contribution in [1.29, 1.82) is 0 Å². The highest BCUT2D eigenvalue weighted by Crippen LogP contribution is 2.38. The van der Waals surface area contributed by atoms with Gasteiger partial charge in [-0.15, -0.1) is 0 Å². The lowest BCUT2D eigenvalue weighted by molar-refractivity contribution is 0.00578. The molecule has 0 spiro atoms. The maximum absolute atomic E-state index is 9.61. The largest absolute Gasteiger partial charge is 0.492 e. The Morgan fingerprint density at radius 1 is 1.24 bits per heavy atom. The van der Waals surface area contributed by atoms with Gasteiger partial charge in [0.15, 0.2) is 0 Å². The van der Waals surface area contributed by atoms with Crippen LogP contribution in [0.5, 0.6) is 0 Å². The molecule has 6 heteroatoms. The van der Waals surface area contributed by atoms with Gasteiger partial charge in [0, 0.05) is 6.20 Å². The Labute approximate surface area is 125 Å². The molecule has 0 bridgehead atoms. The Hall–Kier alpha value is -1.21. The van der Waals surface area contributed by atoms with Gasteiger partial charge in [-0.05, 0) is 56.9 Å². The molecule has 2 heterocycles. The summed E-state index contributed by atoms with van der Waals surface area (Å²) in [5.41, 5.74) is 1.12. The van der Waals surface area contributed by atoms with E-state index in [4.69, 9.17) is 14.4 Å². The summed E-state index contributed by atoms with van der Waals surface area (Å²) in [5.74, 6) is 0. The van der Waals surface area contributed by atoms with Crippen LogP contribution in [0.1, 0.15) is 39.0 Å². The fraction of sp³-hybridized carbons (Fsp3) is 0.533. The molecule has 1 aliphatic rings. The first-order chi connectivity index (χ1) is 9.79. The summed E-state index contributed by atoms with van der Waals surface area (Å²) >= 11 is 0. The van der Waals surface area contributed by atoms with Gasteiger partial charge < -0.3 is 19.5 Å². The highest BCUT2D eigenvalue weighted by molar-refractivity contribution is 6.55. The van der Waals surface area contributed by atoms with E-state index in [1.165, 1.54) is 0 Å². The Kier molecular flexibility index (Phi) is 4.53. The molecule has 0 unspecified atom stereocenters. The van der Waals surface area contributed by atoms with Gasteiger partial charge in [0.2, 0.25) is 0 Å². The maximum Gasteiger partial charge on any atom is 0.492 e. The van der Waals surface area contributed by atoms with Gasteiger partial charge in [-0.25, -0.2) is 0 Å². The molecule has 2 N–H and O–H groups in total. The molecule has 0 radical (unpaired) electrons. The molecule has 0 atom stereocenters. The van der Waals surface area contributed by atoms with Crippen molar-refractivity contribution in [1.82, 2.24) is 4.98 Å². The molecule has 1 fully saturated rings. The molecule has 114 valence electrons. The van der Waals surface area contributed by atoms with E-state index in [0.29, 0.717) is 11.2 Å². The van der Waals surface area contributed by atoms with E-state index in [1.54, 1.807) is 24.4 Å². The topological polar surface area (TPSA) is 71.8 Å². The van der Waals surface area contributed by atoms with Crippen molar-refractivity contribution in [2.45, 2.75) is 45.5 Å². The molecule has 0 aliphatic carbocycles. The van der Waals surface area contributed by atoms with Crippen LogP contribution in [0, 0.1) is 0 Å². The third kappa shape index (κ3) is 3.35. The van der Waals surface area contributed by atoms with Crippen LogP contribution < -0.4 is 0 Å². The van der Waals surface area contributed by atoms with Crippen LogP contribution in [-0.4, -0.2) is 40.1 Å². The minimum Gasteiger partial charge on any atom is -0.400 e. The summed E-state index contributed by atoms with van der Waals surface area (Å²) in [6, 6.07) is 3.51. The number of aliphatic hydroxyl groups excluding tert-OH is 2. The number of nitrogens with zero attached hydrogens (tertiary/aromatic N) is 1. The second-order valence-electron chi connectivity index (χ2n) is 6.21. The zero-order chi connectivity index (χ0) is 15.7. The third-order valence-corrected chi connectivity index (χ3v) is 4.10. The van der Waals surface area contributed by atoms with Crippen molar-refractivity contribution < 1.29 is 19.5 Å². The fourth-order valence-corrected chi connectivity index (χ4v) is 2.04. The molecule has 0 saturated carbocycles. The van der Waals surface area contributed by atoms with Crippen LogP contribution in [0.25, 0.3) is 6.08 Å². The van der Waals surface area contributed by atoms with Crippen molar-refractivity contribution in [3.8, 4) is 0 Å². The Balaban J connectivity index is 2.26. The van der Waals surface area contributed by atoms with Crippen LogP contribution in [0.2, 0.25) is 0 Å². The average molecular weight is 291 g/mol. The average Bonchev–Trinajstić information content (AvgIpc) is 2.65. The number of aliphatic hydroxyl groups is 2. The van der Waals surface area contributed by atoms with E-state index in [0.717, 1.165) is 5.56 Å². The molecule has 21 heavy (non-hydrogen) atoms. The molecule has 2 rings (SSSR count). The van der Waals surface area contributed by atoms with Crippen LogP contribution in [0.15, 0.2) is 23.8 Å². The van der Waals surface area contributed by atoms with Crippen molar-refractivity contribution in [3.63, 3.8) is 0 Å². The minimum atomic E-state index is -0.598. The Morgan fingerprint density at radius 3 is 2.38 bits per heavy atom. The standard InChI is InChI=1S/C15H22BNO4/c1-14(2)15(3,4)21-16(20-14)12(10-19)8-13-7-11(9-18)5-6-17-13/h5-8,18-19H,9-10H2,1-4H3. The van der Waals surface area contributed by atoms with Gasteiger partial charge in [-0.2, -0.15) is 0 Å². The number of pyridine rings is 1. The Morgan fingerprint density at radius 2 is 1.86 bits per heavy atom. The predicted octanol–water partition coefficient (Wildman–Crippen LogP) is 1.58. The lowest BCUT2D eigenvalue weighted by atomic mass is 9.78. The number of aromatic nitrogens is 1. The van der Waals surface area contributed by atoms with E-state index in [2.05, 4.69) is 4.98 Å². The van der Waals surface area contributed by atoms with Crippen molar-refractivity contribution in [2.24, 2.45) is 0 Å². The first kappa shape index (κ1) is 16.2. The van der Waals surface area contributed by atoms with E-state index >= 15 is 0 Å². The van der Waals surface area contributed by atoms with Gasteiger partial charge in [-0.1, -0.05) is 0 Å². The summed E-state index contributed by atoms with van der Waals surface area (Å²) in [4.78, 5) is 4.21. The minimum absolute atomic E-state index is 0.0473. The number of hydrogen-bond acceptors (Lipinski definition) is 5. The second-order valence-corrected chi connectivity index (χ2v) is 6.21. The van der Waals surface area contributed by atoms with E-state index < -0.39 is 18.3 Å². The van der Waals surface area contributed by atoms with Crippen molar-refractivity contribution in [3.05, 3.63) is 35.1 Å². The van der Waals surface area contributed by atoms with E-state index in [1.807, 2.05) is 27.7 Å². The van der Waals surface area contributed by atoms with Gasteiger partial charge >= 0.3 is 7.12 Å². The normalized spacial score (nSPS) is 20.9. The highest BCUT2D eigenvalue weighted by atomic mass is 16.7. The highest BCUT2D eigenvalue weighted by Gasteiger charge is 2.52. The summed E-state index contributed by atoms with van der Waals surface area (Å²) < 4.78 is 11.8. The third-order valence-electron chi connectivity index (χ3n) is 4.10. The first-order valence-electron chi connectivity index (χ1n) is 7.02. The van der Waals surface area contributed by atoms with Gasteiger partial charge in [0.1, 0.15) is 0 Å². The van der Waals surface area contributed by atoms with Crippen molar-refractivity contribution >= 4 is 13.2 Å². The van der Waals surface area contributed by atoms with E-state index in [-0.39, 0.29) is 13.2 Å². The first-order valence-corrected chi connectivity index (χ1v) is 7.02. The fourth-order valence-electron chi connectivity index (χ4n) is 2.04. The predicted molar refractivity (Wildman–Crippen MR) is 81.3 cm³/mol. The molecular weight excluding hydrogens is 269 g/mol. The molecule has 1 aromatic rings. The molecule has 0 amide bonds. The smallest absolute Gasteiger partial charge is 0.400 e. The zero-order valence-corrected chi connectivity index (χ0v) is 13.0. The quantitative estimate of drug-likeness (QED) is 0.824. The van der Waals surface area contributed by atoms with Crippen LogP contribution in [-0.2, 0) is 15.9 Å². The molecular formula is C15H22BNO4. The number of rotatable bonds is 4. The van der Waals surface area contributed by atoms with Crippen LogP contribution in [0.4, 0.5) is 0 Å². The zero-order valence-electron chi connectivity index (χ0n) is 13.0. The lowest BCUT2D eigenvalue weighted by Gasteiger charge is -2.32. The molecule has 1 saturated heterocycles. The van der Waals surface area contributed by atoms with Crippen molar-refractivity contribution in [2.75, 3.05) is 6.61 Å². The molecule has 5 nitrogen and oxygen atoms in total. The monoisotopic (exact) mass is 291 g/mol. The van der Waals surface area contributed by atoms with E-state index in [9.17, 15) is 5.11 Å². The second kappa shape index (κ2) is 5.89.